The third kappa shape index (κ3) is 1.34. The van der Waals surface area contributed by atoms with E-state index in [1.165, 1.54) is 4.90 Å². The zero-order valence-electron chi connectivity index (χ0n) is 10.8. The van der Waals surface area contributed by atoms with E-state index < -0.39 is 6.98 Å². The molecule has 1 aliphatic rings. The van der Waals surface area contributed by atoms with E-state index in [1.54, 1.807) is 18.3 Å². The Balaban J connectivity index is 2.31. The van der Waals surface area contributed by atoms with E-state index in [2.05, 4.69) is 4.98 Å². The van der Waals surface area contributed by atoms with Gasteiger partial charge in [0.25, 0.3) is 0 Å². The van der Waals surface area contributed by atoms with E-state index in [4.69, 9.17) is 5.48 Å². The third-order valence-corrected chi connectivity index (χ3v) is 2.24. The molecule has 0 aromatic carbocycles. The predicted octanol–water partition coefficient (Wildman–Crippen LogP) is 1.85. The van der Waals surface area contributed by atoms with Crippen LogP contribution in [0.2, 0.25) is 0 Å². The first-order chi connectivity index (χ1) is 7.50. The van der Waals surface area contributed by atoms with Gasteiger partial charge in [-0.05, 0) is 38.0 Å². The van der Waals surface area contributed by atoms with Crippen LogP contribution >= 0.6 is 0 Å². The van der Waals surface area contributed by atoms with Gasteiger partial charge < -0.3 is 0 Å². The molecular formula is C10H14N2. The molecule has 2 rings (SSSR count). The summed E-state index contributed by atoms with van der Waals surface area (Å²) >= 11 is 0. The smallest absolute Gasteiger partial charge is 0.0843 e. The number of hydrogen-bond acceptors (Lipinski definition) is 2. The van der Waals surface area contributed by atoms with Crippen molar-refractivity contribution >= 4 is 0 Å². The molecule has 1 saturated heterocycles. The maximum atomic E-state index is 7.71. The number of hydrogen-bond donors (Lipinski definition) is 0. The Labute approximate surface area is 78.8 Å². The lowest BCUT2D eigenvalue weighted by molar-refractivity contribution is 0.317. The second kappa shape index (κ2) is 3.23. The second-order valence-corrected chi connectivity index (χ2v) is 3.06. The van der Waals surface area contributed by atoms with Gasteiger partial charge in [-0.1, -0.05) is 6.07 Å². The van der Waals surface area contributed by atoms with Crippen molar-refractivity contribution in [3.8, 4) is 0 Å². The average molecular weight is 166 g/mol. The average Bonchev–Trinajstić information content (AvgIpc) is 2.66. The molecule has 0 radical (unpaired) electrons. The molecule has 2 nitrogen and oxygen atoms in total. The van der Waals surface area contributed by atoms with E-state index in [0.717, 1.165) is 18.4 Å². The first-order valence-corrected chi connectivity index (χ1v) is 4.18. The Morgan fingerprint density at radius 1 is 1.83 bits per heavy atom. The van der Waals surface area contributed by atoms with Gasteiger partial charge in [-0.15, -0.1) is 0 Å². The van der Waals surface area contributed by atoms with E-state index in [1.807, 2.05) is 0 Å². The van der Waals surface area contributed by atoms with Gasteiger partial charge in [0.2, 0.25) is 0 Å². The minimum absolute atomic E-state index is 0.184. The molecule has 0 saturated carbocycles. The van der Waals surface area contributed by atoms with E-state index in [9.17, 15) is 0 Å². The highest BCUT2D eigenvalue weighted by Crippen LogP contribution is 2.29. The second-order valence-electron chi connectivity index (χ2n) is 3.06. The molecule has 0 aliphatic carbocycles. The van der Waals surface area contributed by atoms with Crippen LogP contribution in [0.4, 0.5) is 0 Å². The number of nitrogens with zero attached hydrogens (tertiary/aromatic N) is 2. The van der Waals surface area contributed by atoms with Crippen molar-refractivity contribution in [1.82, 2.24) is 9.88 Å². The SMILES string of the molecule is [2H]c1ncccc1C1CCCN1C([2H])([2H])[2H]. The van der Waals surface area contributed by atoms with Crippen molar-refractivity contribution < 1.29 is 5.48 Å². The van der Waals surface area contributed by atoms with Crippen LogP contribution < -0.4 is 0 Å². The third-order valence-electron chi connectivity index (χ3n) is 2.24. The van der Waals surface area contributed by atoms with Gasteiger partial charge >= 0.3 is 0 Å². The maximum absolute atomic E-state index is 7.71. The lowest BCUT2D eigenvalue weighted by Crippen LogP contribution is -2.17. The van der Waals surface area contributed by atoms with Crippen molar-refractivity contribution in [3.05, 3.63) is 30.1 Å². The summed E-state index contributed by atoms with van der Waals surface area (Å²) in [6.07, 6.45) is 3.39. The summed E-state index contributed by atoms with van der Waals surface area (Å²) < 4.78 is 30.1. The molecule has 0 bridgehead atoms. The normalized spacial score (nSPS) is 30.5. The summed E-state index contributed by atoms with van der Waals surface area (Å²) in [5, 5.41) is 0. The zero-order valence-corrected chi connectivity index (χ0v) is 6.83. The summed E-state index contributed by atoms with van der Waals surface area (Å²) in [5.74, 6) is 0. The molecule has 1 aliphatic heterocycles. The van der Waals surface area contributed by atoms with Gasteiger partial charge in [0, 0.05) is 22.5 Å². The highest BCUT2D eigenvalue weighted by molar-refractivity contribution is 5.14. The highest BCUT2D eigenvalue weighted by Gasteiger charge is 2.21. The Morgan fingerprint density at radius 2 is 2.83 bits per heavy atom. The fraction of sp³-hybridized carbons (Fsp3) is 0.500. The summed E-state index contributed by atoms with van der Waals surface area (Å²) in [6, 6.07) is 3.36. The van der Waals surface area contributed by atoms with Crippen LogP contribution in [-0.2, 0) is 0 Å². The summed E-state index contributed by atoms with van der Waals surface area (Å²) in [5.41, 5.74) is 0.719. The molecule has 1 aromatic rings. The summed E-state index contributed by atoms with van der Waals surface area (Å²) in [6.45, 7) is -1.51. The molecule has 2 heterocycles. The number of pyridine rings is 1. The van der Waals surface area contributed by atoms with Crippen LogP contribution in [0, 0.1) is 0 Å². The van der Waals surface area contributed by atoms with Gasteiger partial charge in [0.1, 0.15) is 0 Å². The standard InChI is InChI=1S/C10H14N2/c1-12-7-3-5-10(12)9-4-2-6-11-8-9/h2,4,6,8,10H,3,5,7H2,1H3/i1D3,8D. The molecule has 1 fully saturated rings. The predicted molar refractivity (Wildman–Crippen MR) is 48.8 cm³/mol. The molecule has 0 N–H and O–H groups in total. The fourth-order valence-corrected chi connectivity index (χ4v) is 1.61. The maximum Gasteiger partial charge on any atom is 0.0843 e. The molecule has 2 heteroatoms. The Bertz CT molecular complexity index is 377. The quantitative estimate of drug-likeness (QED) is 0.633. The van der Waals surface area contributed by atoms with Crippen LogP contribution in [0.3, 0.4) is 0 Å². The van der Waals surface area contributed by atoms with E-state index in [0.29, 0.717) is 6.54 Å². The minimum atomic E-state index is -2.08. The van der Waals surface area contributed by atoms with Crippen LogP contribution in [-0.4, -0.2) is 23.4 Å². The Kier molecular flexibility index (Phi) is 1.18. The largest absolute Gasteiger partial charge is 0.299 e. The molecule has 1 atom stereocenters. The van der Waals surface area contributed by atoms with E-state index >= 15 is 0 Å². The molecule has 64 valence electrons. The van der Waals surface area contributed by atoms with Crippen molar-refractivity contribution in [2.45, 2.75) is 18.9 Å². The Morgan fingerprint density at radius 3 is 3.67 bits per heavy atom. The molecule has 0 spiro atoms. The van der Waals surface area contributed by atoms with Crippen molar-refractivity contribution in [1.29, 1.82) is 0 Å². The fourth-order valence-electron chi connectivity index (χ4n) is 1.61. The lowest BCUT2D eigenvalue weighted by atomic mass is 10.1. The summed E-state index contributed by atoms with van der Waals surface area (Å²) in [4.78, 5) is 5.38. The monoisotopic (exact) mass is 166 g/mol. The van der Waals surface area contributed by atoms with Crippen LogP contribution in [0.5, 0.6) is 0 Å². The van der Waals surface area contributed by atoms with Crippen LogP contribution in [0.25, 0.3) is 0 Å². The van der Waals surface area contributed by atoms with Gasteiger partial charge in [0.05, 0.1) is 1.37 Å². The highest BCUT2D eigenvalue weighted by atomic mass is 15.1. The number of rotatable bonds is 1. The van der Waals surface area contributed by atoms with Crippen molar-refractivity contribution in [2.24, 2.45) is 0 Å². The van der Waals surface area contributed by atoms with Gasteiger partial charge in [-0.25, -0.2) is 0 Å². The summed E-state index contributed by atoms with van der Waals surface area (Å²) in [7, 11) is 0. The van der Waals surface area contributed by atoms with Gasteiger partial charge in [-0.2, -0.15) is 0 Å². The topological polar surface area (TPSA) is 16.1 Å². The Hall–Kier alpha value is -0.890. The molecule has 1 aromatic heterocycles. The molecular weight excluding hydrogens is 148 g/mol. The van der Waals surface area contributed by atoms with Gasteiger partial charge in [-0.3, -0.25) is 9.88 Å². The number of aromatic nitrogens is 1. The molecule has 12 heavy (non-hydrogen) atoms. The first kappa shape index (κ1) is 4.38. The van der Waals surface area contributed by atoms with Crippen molar-refractivity contribution in [2.75, 3.05) is 13.5 Å². The van der Waals surface area contributed by atoms with Crippen LogP contribution in [0.1, 0.15) is 29.9 Å². The lowest BCUT2D eigenvalue weighted by Gasteiger charge is -2.18. The first-order valence-electron chi connectivity index (χ1n) is 6.18. The van der Waals surface area contributed by atoms with Gasteiger partial charge in [0.15, 0.2) is 0 Å². The molecule has 0 amide bonds. The minimum Gasteiger partial charge on any atom is -0.299 e. The zero-order chi connectivity index (χ0) is 11.8. The van der Waals surface area contributed by atoms with E-state index in [-0.39, 0.29) is 12.2 Å². The molecule has 1 unspecified atom stereocenters. The van der Waals surface area contributed by atoms with Crippen molar-refractivity contribution in [3.63, 3.8) is 0 Å². The van der Waals surface area contributed by atoms with Crippen LogP contribution in [0.15, 0.2) is 24.5 Å². The number of likely N-dealkylation sites (tertiary alicyclic amines) is 1.